The van der Waals surface area contributed by atoms with Crippen molar-refractivity contribution in [3.8, 4) is 5.75 Å². The Morgan fingerprint density at radius 1 is 1.19 bits per heavy atom. The van der Waals surface area contributed by atoms with Crippen molar-refractivity contribution in [2.75, 3.05) is 7.05 Å². The molecule has 0 fully saturated rings. The van der Waals surface area contributed by atoms with E-state index in [9.17, 15) is 0 Å². The molecular formula is C17H21BrN2O. The van der Waals surface area contributed by atoms with Crippen LogP contribution in [0.25, 0.3) is 0 Å². The molecule has 1 unspecified atom stereocenters. The number of benzene rings is 1. The van der Waals surface area contributed by atoms with Gasteiger partial charge in [-0.15, -0.1) is 0 Å². The molecular weight excluding hydrogens is 328 g/mol. The highest BCUT2D eigenvalue weighted by atomic mass is 79.9. The van der Waals surface area contributed by atoms with Crippen molar-refractivity contribution >= 4 is 15.9 Å². The molecule has 0 saturated carbocycles. The average molecular weight is 349 g/mol. The first kappa shape index (κ1) is 16.0. The minimum Gasteiger partial charge on any atom is -0.489 e. The number of hydrogen-bond acceptors (Lipinski definition) is 3. The van der Waals surface area contributed by atoms with Gasteiger partial charge in [0.2, 0.25) is 0 Å². The first-order valence-electron chi connectivity index (χ1n) is 7.06. The van der Waals surface area contributed by atoms with Gasteiger partial charge < -0.3 is 10.1 Å². The number of aromatic nitrogens is 1. The smallest absolute Gasteiger partial charge is 0.138 e. The zero-order valence-electron chi connectivity index (χ0n) is 12.9. The molecule has 1 atom stereocenters. The molecule has 0 saturated heterocycles. The third-order valence-corrected chi connectivity index (χ3v) is 3.88. The summed E-state index contributed by atoms with van der Waals surface area (Å²) in [6, 6.07) is 8.49. The van der Waals surface area contributed by atoms with Crippen molar-refractivity contribution in [2.45, 2.75) is 32.9 Å². The lowest BCUT2D eigenvalue weighted by atomic mass is 9.99. The van der Waals surface area contributed by atoms with E-state index in [1.54, 1.807) is 6.20 Å². The minimum absolute atomic E-state index is 0.0724. The molecule has 0 amide bonds. The second-order valence-corrected chi connectivity index (χ2v) is 6.22. The van der Waals surface area contributed by atoms with Crippen molar-refractivity contribution in [3.05, 3.63) is 57.8 Å². The Kier molecular flexibility index (Phi) is 5.37. The molecule has 3 nitrogen and oxygen atoms in total. The van der Waals surface area contributed by atoms with Gasteiger partial charge in [0.05, 0.1) is 18.3 Å². The van der Waals surface area contributed by atoms with E-state index in [1.807, 2.05) is 33.2 Å². The van der Waals surface area contributed by atoms with Crippen LogP contribution in [0.5, 0.6) is 5.75 Å². The van der Waals surface area contributed by atoms with Gasteiger partial charge in [-0.1, -0.05) is 28.1 Å². The summed E-state index contributed by atoms with van der Waals surface area (Å²) < 4.78 is 6.83. The molecule has 0 aliphatic rings. The maximum absolute atomic E-state index is 5.73. The molecule has 1 aromatic heterocycles. The number of rotatable bonds is 5. The summed E-state index contributed by atoms with van der Waals surface area (Å²) in [6.07, 6.45) is 3.77. The molecule has 0 bridgehead atoms. The summed E-state index contributed by atoms with van der Waals surface area (Å²) in [5.41, 5.74) is 3.50. The zero-order chi connectivity index (χ0) is 15.4. The number of nitrogens with zero attached hydrogens (tertiary/aromatic N) is 1. The molecule has 0 aliphatic carbocycles. The summed E-state index contributed by atoms with van der Waals surface area (Å²) in [6.45, 7) is 6.11. The van der Waals surface area contributed by atoms with E-state index in [1.165, 1.54) is 11.1 Å². The molecule has 2 aromatic rings. The summed E-state index contributed by atoms with van der Waals surface area (Å²) in [7, 11) is 1.95. The SMILES string of the molecule is CNC(c1cncc(OC(C)C)c1)c1ccc(C)cc1Br. The van der Waals surface area contributed by atoms with Crippen LogP contribution in [0.1, 0.15) is 36.6 Å². The van der Waals surface area contributed by atoms with Gasteiger partial charge in [0.1, 0.15) is 5.75 Å². The molecule has 1 N–H and O–H groups in total. The van der Waals surface area contributed by atoms with Crippen molar-refractivity contribution < 1.29 is 4.74 Å². The van der Waals surface area contributed by atoms with Crippen LogP contribution >= 0.6 is 15.9 Å². The lowest BCUT2D eigenvalue weighted by Gasteiger charge is -2.20. The lowest BCUT2D eigenvalue weighted by Crippen LogP contribution is -2.18. The van der Waals surface area contributed by atoms with Gasteiger partial charge >= 0.3 is 0 Å². The fraction of sp³-hybridized carbons (Fsp3) is 0.353. The topological polar surface area (TPSA) is 34.2 Å². The van der Waals surface area contributed by atoms with Gasteiger partial charge in [-0.05, 0) is 56.6 Å². The Bertz CT molecular complexity index is 613. The Balaban J connectivity index is 2.37. The lowest BCUT2D eigenvalue weighted by molar-refractivity contribution is 0.241. The van der Waals surface area contributed by atoms with Crippen molar-refractivity contribution in [3.63, 3.8) is 0 Å². The first-order chi connectivity index (χ1) is 10.0. The van der Waals surface area contributed by atoms with Crippen molar-refractivity contribution in [1.29, 1.82) is 0 Å². The predicted molar refractivity (Wildman–Crippen MR) is 89.8 cm³/mol. The summed E-state index contributed by atoms with van der Waals surface area (Å²) in [5.74, 6) is 0.797. The third-order valence-electron chi connectivity index (χ3n) is 3.20. The van der Waals surface area contributed by atoms with Crippen LogP contribution in [0.3, 0.4) is 0 Å². The fourth-order valence-electron chi connectivity index (χ4n) is 2.30. The molecule has 112 valence electrons. The summed E-state index contributed by atoms with van der Waals surface area (Å²) in [5, 5.41) is 3.35. The number of hydrogen-bond donors (Lipinski definition) is 1. The predicted octanol–water partition coefficient (Wildman–Crippen LogP) is 4.25. The Morgan fingerprint density at radius 3 is 2.57 bits per heavy atom. The van der Waals surface area contributed by atoms with Crippen LogP contribution in [0.15, 0.2) is 41.1 Å². The van der Waals surface area contributed by atoms with E-state index in [2.05, 4.69) is 51.4 Å². The van der Waals surface area contributed by atoms with E-state index in [0.29, 0.717) is 0 Å². The highest BCUT2D eigenvalue weighted by Crippen LogP contribution is 2.30. The van der Waals surface area contributed by atoms with Crippen LogP contribution in [-0.2, 0) is 0 Å². The maximum Gasteiger partial charge on any atom is 0.138 e. The normalized spacial score (nSPS) is 12.5. The van der Waals surface area contributed by atoms with Gasteiger partial charge in [-0.25, -0.2) is 0 Å². The number of pyridine rings is 1. The minimum atomic E-state index is 0.0724. The highest BCUT2D eigenvalue weighted by Gasteiger charge is 2.16. The van der Waals surface area contributed by atoms with Gasteiger partial charge in [0.25, 0.3) is 0 Å². The largest absolute Gasteiger partial charge is 0.489 e. The van der Waals surface area contributed by atoms with E-state index in [4.69, 9.17) is 4.74 Å². The van der Waals surface area contributed by atoms with Crippen LogP contribution in [0.4, 0.5) is 0 Å². The Hall–Kier alpha value is -1.39. The highest BCUT2D eigenvalue weighted by molar-refractivity contribution is 9.10. The Labute approximate surface area is 134 Å². The van der Waals surface area contributed by atoms with Crippen LogP contribution in [-0.4, -0.2) is 18.1 Å². The van der Waals surface area contributed by atoms with Crippen LogP contribution < -0.4 is 10.1 Å². The number of aryl methyl sites for hydroxylation is 1. The zero-order valence-corrected chi connectivity index (χ0v) is 14.4. The van der Waals surface area contributed by atoms with Crippen LogP contribution in [0.2, 0.25) is 0 Å². The molecule has 1 heterocycles. The number of halogens is 1. The Morgan fingerprint density at radius 2 is 1.95 bits per heavy atom. The second kappa shape index (κ2) is 7.05. The molecule has 0 spiro atoms. The monoisotopic (exact) mass is 348 g/mol. The quantitative estimate of drug-likeness (QED) is 0.876. The van der Waals surface area contributed by atoms with E-state index in [-0.39, 0.29) is 12.1 Å². The first-order valence-corrected chi connectivity index (χ1v) is 7.85. The fourth-order valence-corrected chi connectivity index (χ4v) is 3.02. The second-order valence-electron chi connectivity index (χ2n) is 5.37. The van der Waals surface area contributed by atoms with Crippen molar-refractivity contribution in [2.24, 2.45) is 0 Å². The van der Waals surface area contributed by atoms with Gasteiger partial charge in [-0.2, -0.15) is 0 Å². The third kappa shape index (κ3) is 4.05. The molecule has 1 aromatic carbocycles. The van der Waals surface area contributed by atoms with Gasteiger partial charge in [0, 0.05) is 10.7 Å². The molecule has 0 radical (unpaired) electrons. The van der Waals surface area contributed by atoms with Crippen LogP contribution in [0, 0.1) is 6.92 Å². The van der Waals surface area contributed by atoms with Gasteiger partial charge in [0.15, 0.2) is 0 Å². The molecule has 0 aliphatic heterocycles. The molecule has 2 rings (SSSR count). The van der Waals surface area contributed by atoms with E-state index >= 15 is 0 Å². The number of ether oxygens (including phenoxy) is 1. The molecule has 21 heavy (non-hydrogen) atoms. The summed E-state index contributed by atoms with van der Waals surface area (Å²) >= 11 is 3.65. The standard InChI is InChI=1S/C17H21BrN2O/c1-11(2)21-14-8-13(9-20-10-14)17(19-4)15-6-5-12(3)7-16(15)18/h5-11,17,19H,1-4H3. The number of nitrogens with one attached hydrogen (secondary N) is 1. The molecule has 4 heteroatoms. The maximum atomic E-state index is 5.73. The van der Waals surface area contributed by atoms with Crippen molar-refractivity contribution in [1.82, 2.24) is 10.3 Å². The average Bonchev–Trinajstić information content (AvgIpc) is 2.41. The van der Waals surface area contributed by atoms with Gasteiger partial charge in [-0.3, -0.25) is 4.98 Å². The van der Waals surface area contributed by atoms with E-state index in [0.717, 1.165) is 15.8 Å². The van der Waals surface area contributed by atoms with E-state index < -0.39 is 0 Å². The summed E-state index contributed by atoms with van der Waals surface area (Å²) in [4.78, 5) is 4.30.